The second-order valence-corrected chi connectivity index (χ2v) is 8.01. The molecule has 0 unspecified atom stereocenters. The first-order valence-electron chi connectivity index (χ1n) is 8.71. The van der Waals surface area contributed by atoms with E-state index >= 15 is 0 Å². The average Bonchev–Trinajstić information content (AvgIpc) is 3.34. The van der Waals surface area contributed by atoms with Crippen molar-refractivity contribution in [3.63, 3.8) is 0 Å². The number of aromatic nitrogens is 3. The van der Waals surface area contributed by atoms with Crippen molar-refractivity contribution in [3.05, 3.63) is 71.9 Å². The number of nitrogens with one attached hydrogen (secondary N) is 2. The fourth-order valence-corrected chi connectivity index (χ4v) is 4.66. The summed E-state index contributed by atoms with van der Waals surface area (Å²) in [5.41, 5.74) is 0.0814. The maximum absolute atomic E-state index is 13.1. The Morgan fingerprint density at radius 1 is 1.21 bits per heavy atom. The Kier molecular flexibility index (Phi) is 5.01. The van der Waals surface area contributed by atoms with E-state index in [4.69, 9.17) is 4.74 Å². The molecule has 4 aromatic rings. The third-order valence-electron chi connectivity index (χ3n) is 4.23. The number of aromatic amines is 2. The van der Waals surface area contributed by atoms with Crippen LogP contribution >= 0.6 is 22.7 Å². The molecule has 2 N–H and O–H groups in total. The van der Waals surface area contributed by atoms with Crippen LogP contribution < -0.4 is 21.4 Å². The molecule has 0 saturated heterocycles. The van der Waals surface area contributed by atoms with E-state index in [-0.39, 0.29) is 23.3 Å². The lowest BCUT2D eigenvalue weighted by atomic mass is 10.2. The van der Waals surface area contributed by atoms with Gasteiger partial charge in [-0.15, -0.1) is 22.7 Å². The minimum atomic E-state index is -0.510. The highest BCUT2D eigenvalue weighted by atomic mass is 32.1. The quantitative estimate of drug-likeness (QED) is 0.506. The van der Waals surface area contributed by atoms with Gasteiger partial charge >= 0.3 is 5.69 Å². The van der Waals surface area contributed by atoms with E-state index in [2.05, 4.69) is 9.97 Å². The summed E-state index contributed by atoms with van der Waals surface area (Å²) in [7, 11) is 0. The van der Waals surface area contributed by atoms with Crippen LogP contribution in [0, 0.1) is 0 Å². The number of nitrogens with zero attached hydrogens (tertiary/aromatic N) is 1. The third-order valence-corrected chi connectivity index (χ3v) is 6.03. The van der Waals surface area contributed by atoms with Gasteiger partial charge in [-0.2, -0.15) is 0 Å². The summed E-state index contributed by atoms with van der Waals surface area (Å²) in [6.45, 7) is 2.36. The molecule has 4 heterocycles. The number of rotatable bonds is 6. The Morgan fingerprint density at radius 2 is 2.07 bits per heavy atom. The molecule has 0 saturated carbocycles. The summed E-state index contributed by atoms with van der Waals surface area (Å²) in [5.74, 6) is 0.222. The highest BCUT2D eigenvalue weighted by molar-refractivity contribution is 7.18. The van der Waals surface area contributed by atoms with Crippen molar-refractivity contribution < 1.29 is 4.74 Å². The molecule has 7 nitrogen and oxygen atoms in total. The van der Waals surface area contributed by atoms with Crippen LogP contribution in [0.15, 0.2) is 49.5 Å². The van der Waals surface area contributed by atoms with E-state index in [1.54, 1.807) is 0 Å². The van der Waals surface area contributed by atoms with Gasteiger partial charge in [-0.3, -0.25) is 19.1 Å². The predicted octanol–water partition coefficient (Wildman–Crippen LogP) is 3.01. The lowest BCUT2D eigenvalue weighted by Gasteiger charge is -2.08. The van der Waals surface area contributed by atoms with Gasteiger partial charge in [0.25, 0.3) is 5.56 Å². The number of pyridine rings is 1. The van der Waals surface area contributed by atoms with Gasteiger partial charge < -0.3 is 9.72 Å². The van der Waals surface area contributed by atoms with Gasteiger partial charge in [0.1, 0.15) is 4.83 Å². The second-order valence-electron chi connectivity index (χ2n) is 6.19. The number of ether oxygens (including phenoxy) is 1. The van der Waals surface area contributed by atoms with Crippen molar-refractivity contribution in [2.24, 2.45) is 0 Å². The van der Waals surface area contributed by atoms with Crippen LogP contribution in [-0.4, -0.2) is 21.1 Å². The molecule has 0 aliphatic heterocycles. The minimum absolute atomic E-state index is 0.0346. The number of H-pyrrole nitrogens is 2. The van der Waals surface area contributed by atoms with Crippen LogP contribution in [0.5, 0.6) is 5.75 Å². The lowest BCUT2D eigenvalue weighted by molar-refractivity contribution is 0.313. The molecule has 0 radical (unpaired) electrons. The standard InChI is InChI=1S/C19H17N3O4S2/c1-2-5-26-14-8-20-11(7-13(14)23)9-22-18(24)16-12(15-4-3-6-27-15)10-28-17(16)21-19(22)25/h3-4,6-8,10H,2,5,9H2,1H3,(H,20,23)(H,21,25). The molecule has 28 heavy (non-hydrogen) atoms. The van der Waals surface area contributed by atoms with Crippen molar-refractivity contribution in [2.75, 3.05) is 6.61 Å². The smallest absolute Gasteiger partial charge is 0.329 e. The van der Waals surface area contributed by atoms with Gasteiger partial charge in [0.2, 0.25) is 5.43 Å². The predicted molar refractivity (Wildman–Crippen MR) is 112 cm³/mol. The highest BCUT2D eigenvalue weighted by Crippen LogP contribution is 2.33. The maximum atomic E-state index is 13.1. The Balaban J connectivity index is 1.76. The molecule has 0 aromatic carbocycles. The van der Waals surface area contributed by atoms with Gasteiger partial charge in [0.15, 0.2) is 5.75 Å². The van der Waals surface area contributed by atoms with Gasteiger partial charge in [-0.1, -0.05) is 13.0 Å². The van der Waals surface area contributed by atoms with Crippen LogP contribution in [0.4, 0.5) is 0 Å². The van der Waals surface area contributed by atoms with E-state index in [0.717, 1.165) is 21.4 Å². The summed E-state index contributed by atoms with van der Waals surface area (Å²) in [5, 5.41) is 4.30. The summed E-state index contributed by atoms with van der Waals surface area (Å²) in [6, 6.07) is 5.21. The maximum Gasteiger partial charge on any atom is 0.329 e. The van der Waals surface area contributed by atoms with E-state index in [1.165, 1.54) is 34.9 Å². The van der Waals surface area contributed by atoms with E-state index < -0.39 is 5.69 Å². The zero-order valence-electron chi connectivity index (χ0n) is 15.0. The number of hydrogen-bond acceptors (Lipinski definition) is 6. The van der Waals surface area contributed by atoms with Gasteiger partial charge in [0, 0.05) is 33.8 Å². The second kappa shape index (κ2) is 7.61. The first kappa shape index (κ1) is 18.5. The normalized spacial score (nSPS) is 11.2. The van der Waals surface area contributed by atoms with Crippen LogP contribution in [-0.2, 0) is 6.54 Å². The molecule has 0 fully saturated rings. The van der Waals surface area contributed by atoms with E-state index in [1.807, 2.05) is 29.8 Å². The molecule has 9 heteroatoms. The van der Waals surface area contributed by atoms with Gasteiger partial charge in [0.05, 0.1) is 18.5 Å². The number of thiophene rings is 2. The Morgan fingerprint density at radius 3 is 2.79 bits per heavy atom. The Hall–Kier alpha value is -2.91. The zero-order chi connectivity index (χ0) is 19.7. The molecule has 144 valence electrons. The van der Waals surface area contributed by atoms with Crippen LogP contribution in [0.2, 0.25) is 0 Å². The summed E-state index contributed by atoms with van der Waals surface area (Å²) in [6.07, 6.45) is 2.26. The summed E-state index contributed by atoms with van der Waals surface area (Å²) >= 11 is 2.86. The third kappa shape index (κ3) is 3.34. The fourth-order valence-electron chi connectivity index (χ4n) is 2.90. The van der Waals surface area contributed by atoms with Crippen molar-refractivity contribution in [1.82, 2.24) is 14.5 Å². The van der Waals surface area contributed by atoms with Crippen molar-refractivity contribution in [2.45, 2.75) is 19.9 Å². The summed E-state index contributed by atoms with van der Waals surface area (Å²) < 4.78 is 6.47. The van der Waals surface area contributed by atoms with E-state index in [0.29, 0.717) is 22.5 Å². The van der Waals surface area contributed by atoms with Crippen LogP contribution in [0.3, 0.4) is 0 Å². The topological polar surface area (TPSA) is 96.9 Å². The number of hydrogen-bond donors (Lipinski definition) is 2. The lowest BCUT2D eigenvalue weighted by Crippen LogP contribution is -2.35. The molecule has 0 spiro atoms. The molecule has 0 atom stereocenters. The van der Waals surface area contributed by atoms with Gasteiger partial charge in [-0.05, 0) is 17.9 Å². The molecule has 0 bridgehead atoms. The van der Waals surface area contributed by atoms with Crippen molar-refractivity contribution >= 4 is 32.9 Å². The highest BCUT2D eigenvalue weighted by Gasteiger charge is 2.16. The minimum Gasteiger partial charge on any atom is -0.488 e. The van der Waals surface area contributed by atoms with Crippen LogP contribution in [0.25, 0.3) is 20.7 Å². The summed E-state index contributed by atoms with van der Waals surface area (Å²) in [4.78, 5) is 44.9. The average molecular weight is 415 g/mol. The van der Waals surface area contributed by atoms with Crippen molar-refractivity contribution in [3.8, 4) is 16.2 Å². The van der Waals surface area contributed by atoms with Crippen LogP contribution in [0.1, 0.15) is 19.0 Å². The zero-order valence-corrected chi connectivity index (χ0v) is 16.6. The molecule has 0 aliphatic carbocycles. The SMILES string of the molecule is CCCOc1c[nH]c(Cn2c(=O)[nH]c3scc(-c4cccs4)c3c2=O)cc1=O. The van der Waals surface area contributed by atoms with Crippen molar-refractivity contribution in [1.29, 1.82) is 0 Å². The van der Waals surface area contributed by atoms with Gasteiger partial charge in [-0.25, -0.2) is 4.79 Å². The fraction of sp³-hybridized carbons (Fsp3) is 0.211. The first-order chi connectivity index (χ1) is 13.6. The molecule has 0 amide bonds. The van der Waals surface area contributed by atoms with E-state index in [9.17, 15) is 14.4 Å². The Labute approximate surface area is 166 Å². The molecule has 0 aliphatic rings. The molecular formula is C19H17N3O4S2. The molecular weight excluding hydrogens is 398 g/mol. The Bertz CT molecular complexity index is 1300. The molecule has 4 aromatic heterocycles. The first-order valence-corrected chi connectivity index (χ1v) is 10.5. The molecule has 4 rings (SSSR count). The largest absolute Gasteiger partial charge is 0.488 e. The monoisotopic (exact) mass is 415 g/mol. The number of fused-ring (bicyclic) bond motifs is 1.